The first-order valence-electron chi connectivity index (χ1n) is 3.41. The van der Waals surface area contributed by atoms with E-state index in [2.05, 4.69) is 14.8 Å². The Bertz CT molecular complexity index is 250. The fourth-order valence-electron chi connectivity index (χ4n) is 0.471. The molecule has 72 valence electrons. The van der Waals surface area contributed by atoms with Gasteiger partial charge in [0.1, 0.15) is 0 Å². The van der Waals surface area contributed by atoms with Gasteiger partial charge in [-0.05, 0) is 12.5 Å². The SMILES string of the molecule is CC(=O)C(Cl)C(=O)OCCN=[N+]=[N-]. The van der Waals surface area contributed by atoms with Crippen molar-refractivity contribution in [2.75, 3.05) is 13.2 Å². The van der Waals surface area contributed by atoms with E-state index in [-0.39, 0.29) is 13.2 Å². The smallest absolute Gasteiger partial charge is 0.331 e. The molecule has 0 rings (SSSR count). The number of azide groups is 1. The summed E-state index contributed by atoms with van der Waals surface area (Å²) in [4.78, 5) is 23.8. The molecule has 0 heterocycles. The number of hydrogen-bond donors (Lipinski definition) is 0. The lowest BCUT2D eigenvalue weighted by atomic mass is 10.3. The molecule has 0 saturated carbocycles. The molecule has 1 unspecified atom stereocenters. The number of carbonyl (C=O) groups is 2. The largest absolute Gasteiger partial charge is 0.464 e. The second-order valence-electron chi connectivity index (χ2n) is 2.10. The van der Waals surface area contributed by atoms with Crippen molar-refractivity contribution in [2.24, 2.45) is 5.11 Å². The highest BCUT2D eigenvalue weighted by Crippen LogP contribution is 2.00. The van der Waals surface area contributed by atoms with Gasteiger partial charge in [-0.3, -0.25) is 4.79 Å². The highest BCUT2D eigenvalue weighted by atomic mass is 35.5. The van der Waals surface area contributed by atoms with Gasteiger partial charge in [0.2, 0.25) is 0 Å². The molecule has 6 nitrogen and oxygen atoms in total. The molecule has 0 spiro atoms. The number of ketones is 1. The van der Waals surface area contributed by atoms with Gasteiger partial charge >= 0.3 is 5.97 Å². The summed E-state index contributed by atoms with van der Waals surface area (Å²) in [6.07, 6.45) is 0. The van der Waals surface area contributed by atoms with Gasteiger partial charge in [-0.1, -0.05) is 5.11 Å². The van der Waals surface area contributed by atoms with Crippen molar-refractivity contribution in [2.45, 2.75) is 12.3 Å². The van der Waals surface area contributed by atoms with Crippen LogP contribution < -0.4 is 0 Å². The minimum atomic E-state index is -1.27. The summed E-state index contributed by atoms with van der Waals surface area (Å²) >= 11 is 5.35. The van der Waals surface area contributed by atoms with Crippen LogP contribution in [-0.4, -0.2) is 30.3 Å². The maximum Gasteiger partial charge on any atom is 0.331 e. The summed E-state index contributed by atoms with van der Waals surface area (Å²) in [6.45, 7) is 1.15. The number of carbonyl (C=O) groups excluding carboxylic acids is 2. The molecule has 1 atom stereocenters. The molecular weight excluding hydrogens is 198 g/mol. The quantitative estimate of drug-likeness (QED) is 0.128. The summed E-state index contributed by atoms with van der Waals surface area (Å²) in [7, 11) is 0. The number of Topliss-reactive ketones (excluding diaryl/α,β-unsaturated/α-hetero) is 1. The van der Waals surface area contributed by atoms with Crippen LogP contribution in [0.25, 0.3) is 10.4 Å². The van der Waals surface area contributed by atoms with E-state index in [4.69, 9.17) is 17.1 Å². The normalized spacial score (nSPS) is 11.2. The predicted molar refractivity (Wildman–Crippen MR) is 45.3 cm³/mol. The van der Waals surface area contributed by atoms with Crippen molar-refractivity contribution in [3.05, 3.63) is 10.4 Å². The Morgan fingerprint density at radius 3 is 2.77 bits per heavy atom. The van der Waals surface area contributed by atoms with Crippen LogP contribution in [0, 0.1) is 0 Å². The summed E-state index contributed by atoms with van der Waals surface area (Å²) in [5, 5.41) is 1.85. The Morgan fingerprint density at radius 1 is 1.69 bits per heavy atom. The molecule has 0 aromatic heterocycles. The minimum absolute atomic E-state index is 0.0315. The Labute approximate surface area is 79.4 Å². The van der Waals surface area contributed by atoms with Gasteiger partial charge in [-0.15, -0.1) is 11.6 Å². The standard InChI is InChI=1S/C6H8ClN3O3/c1-4(11)5(7)6(12)13-3-2-9-10-8/h5H,2-3H2,1H3. The van der Waals surface area contributed by atoms with Crippen LogP contribution >= 0.6 is 11.6 Å². The summed E-state index contributed by atoms with van der Waals surface area (Å²) in [6, 6.07) is 0. The van der Waals surface area contributed by atoms with Gasteiger partial charge in [0.15, 0.2) is 11.2 Å². The Kier molecular flexibility index (Phi) is 5.67. The van der Waals surface area contributed by atoms with E-state index < -0.39 is 17.1 Å². The first-order chi connectivity index (χ1) is 6.09. The lowest BCUT2D eigenvalue weighted by molar-refractivity contribution is -0.144. The average molecular weight is 206 g/mol. The molecule has 0 bridgehead atoms. The number of esters is 1. The van der Waals surface area contributed by atoms with Crippen molar-refractivity contribution in [1.82, 2.24) is 0 Å². The maximum atomic E-state index is 10.8. The van der Waals surface area contributed by atoms with E-state index in [1.807, 2.05) is 0 Å². The Morgan fingerprint density at radius 2 is 2.31 bits per heavy atom. The van der Waals surface area contributed by atoms with Gasteiger partial charge in [0, 0.05) is 4.91 Å². The third kappa shape index (κ3) is 5.05. The van der Waals surface area contributed by atoms with E-state index in [0.717, 1.165) is 0 Å². The number of rotatable bonds is 5. The van der Waals surface area contributed by atoms with Gasteiger partial charge < -0.3 is 4.74 Å². The topological polar surface area (TPSA) is 92.1 Å². The molecule has 0 fully saturated rings. The number of hydrogen-bond acceptors (Lipinski definition) is 4. The van der Waals surface area contributed by atoms with Crippen molar-refractivity contribution in [1.29, 1.82) is 0 Å². The average Bonchev–Trinajstić information content (AvgIpc) is 2.10. The van der Waals surface area contributed by atoms with Crippen molar-refractivity contribution < 1.29 is 14.3 Å². The van der Waals surface area contributed by atoms with Gasteiger partial charge in [0.05, 0.1) is 13.2 Å². The molecule has 7 heteroatoms. The van der Waals surface area contributed by atoms with Gasteiger partial charge in [-0.2, -0.15) is 0 Å². The predicted octanol–water partition coefficient (Wildman–Crippen LogP) is 1.04. The van der Waals surface area contributed by atoms with Crippen LogP contribution in [0.1, 0.15) is 6.92 Å². The summed E-state index contributed by atoms with van der Waals surface area (Å²) in [5.41, 5.74) is 7.87. The molecular formula is C6H8ClN3O3. The molecule has 0 radical (unpaired) electrons. The van der Waals surface area contributed by atoms with Crippen LogP contribution in [-0.2, 0) is 14.3 Å². The molecule has 13 heavy (non-hydrogen) atoms. The zero-order valence-electron chi connectivity index (χ0n) is 6.94. The number of halogens is 1. The monoisotopic (exact) mass is 205 g/mol. The number of ether oxygens (including phenoxy) is 1. The lowest BCUT2D eigenvalue weighted by Gasteiger charge is -2.04. The van der Waals surface area contributed by atoms with Crippen molar-refractivity contribution >= 4 is 23.4 Å². The van der Waals surface area contributed by atoms with Crippen LogP contribution in [0.2, 0.25) is 0 Å². The van der Waals surface area contributed by atoms with E-state index in [9.17, 15) is 9.59 Å². The third-order valence-corrected chi connectivity index (χ3v) is 1.55. The first-order valence-corrected chi connectivity index (χ1v) is 3.85. The molecule has 0 aromatic rings. The van der Waals surface area contributed by atoms with E-state index >= 15 is 0 Å². The van der Waals surface area contributed by atoms with E-state index in [1.54, 1.807) is 0 Å². The van der Waals surface area contributed by atoms with Crippen LogP contribution in [0.5, 0.6) is 0 Å². The molecule has 0 N–H and O–H groups in total. The molecule has 0 aliphatic rings. The molecule has 0 aromatic carbocycles. The molecule has 0 amide bonds. The first kappa shape index (κ1) is 11.7. The molecule has 0 aliphatic carbocycles. The molecule has 0 aliphatic heterocycles. The summed E-state index contributed by atoms with van der Waals surface area (Å²) in [5.74, 6) is -1.29. The van der Waals surface area contributed by atoms with Gasteiger partial charge in [0.25, 0.3) is 0 Å². The minimum Gasteiger partial charge on any atom is -0.464 e. The van der Waals surface area contributed by atoms with Crippen molar-refractivity contribution in [3.8, 4) is 0 Å². The Balaban J connectivity index is 3.74. The van der Waals surface area contributed by atoms with Crippen LogP contribution in [0.15, 0.2) is 5.11 Å². The van der Waals surface area contributed by atoms with E-state index in [1.165, 1.54) is 6.92 Å². The molecule has 0 saturated heterocycles. The maximum absolute atomic E-state index is 10.8. The third-order valence-electron chi connectivity index (χ3n) is 1.06. The fraction of sp³-hybridized carbons (Fsp3) is 0.667. The summed E-state index contributed by atoms with van der Waals surface area (Å²) < 4.78 is 4.51. The second-order valence-corrected chi connectivity index (χ2v) is 2.53. The van der Waals surface area contributed by atoms with Crippen LogP contribution in [0.4, 0.5) is 0 Å². The highest BCUT2D eigenvalue weighted by Gasteiger charge is 2.21. The highest BCUT2D eigenvalue weighted by molar-refractivity contribution is 6.40. The van der Waals surface area contributed by atoms with Crippen LogP contribution in [0.3, 0.4) is 0 Å². The fourth-order valence-corrected chi connectivity index (χ4v) is 0.534. The zero-order chi connectivity index (χ0) is 10.3. The number of nitrogens with zero attached hydrogens (tertiary/aromatic N) is 3. The second kappa shape index (κ2) is 6.28. The zero-order valence-corrected chi connectivity index (χ0v) is 7.69. The van der Waals surface area contributed by atoms with Crippen molar-refractivity contribution in [3.63, 3.8) is 0 Å². The van der Waals surface area contributed by atoms with Gasteiger partial charge in [-0.25, -0.2) is 4.79 Å². The van der Waals surface area contributed by atoms with E-state index in [0.29, 0.717) is 0 Å². The lowest BCUT2D eigenvalue weighted by Crippen LogP contribution is -2.25. The number of alkyl halides is 1. The Hall–Kier alpha value is -1.26.